The van der Waals surface area contributed by atoms with Crippen molar-refractivity contribution in [1.29, 1.82) is 0 Å². The molecular formula is C20H42O. The van der Waals surface area contributed by atoms with Crippen LogP contribution in [0.1, 0.15) is 106 Å². The minimum Gasteiger partial charge on any atom is -0.375 e. The number of unbranched alkanes of at least 4 members (excludes halogenated alkanes) is 2. The lowest BCUT2D eigenvalue weighted by atomic mass is 9.95. The van der Waals surface area contributed by atoms with E-state index < -0.39 is 0 Å². The van der Waals surface area contributed by atoms with Crippen molar-refractivity contribution < 1.29 is 4.74 Å². The maximum atomic E-state index is 6.60. The third kappa shape index (κ3) is 11.2. The Hall–Kier alpha value is -0.0400. The van der Waals surface area contributed by atoms with Gasteiger partial charge in [-0.1, -0.05) is 80.1 Å². The predicted octanol–water partition coefficient (Wildman–Crippen LogP) is 6.99. The molecule has 0 radical (unpaired) electrons. The first kappa shape index (κ1) is 21.0. The van der Waals surface area contributed by atoms with Crippen LogP contribution in [0.3, 0.4) is 0 Å². The van der Waals surface area contributed by atoms with E-state index in [4.69, 9.17) is 4.74 Å². The second-order valence-electron chi connectivity index (χ2n) is 7.16. The van der Waals surface area contributed by atoms with Crippen LogP contribution in [-0.4, -0.2) is 12.2 Å². The van der Waals surface area contributed by atoms with Crippen LogP contribution in [0.25, 0.3) is 0 Å². The summed E-state index contributed by atoms with van der Waals surface area (Å²) in [5.41, 5.74) is 0. The smallest absolute Gasteiger partial charge is 0.0581 e. The molecule has 128 valence electrons. The Morgan fingerprint density at radius 2 is 1.05 bits per heavy atom. The molecular weight excluding hydrogens is 256 g/mol. The number of hydrogen-bond donors (Lipinski definition) is 0. The molecule has 21 heavy (non-hydrogen) atoms. The second-order valence-corrected chi connectivity index (χ2v) is 7.16. The van der Waals surface area contributed by atoms with Gasteiger partial charge in [0.05, 0.1) is 12.2 Å². The molecule has 0 saturated carbocycles. The lowest BCUT2D eigenvalue weighted by Gasteiger charge is -2.28. The normalized spacial score (nSPS) is 17.4. The van der Waals surface area contributed by atoms with Crippen LogP contribution < -0.4 is 0 Å². The molecule has 0 rings (SSSR count). The summed E-state index contributed by atoms with van der Waals surface area (Å²) in [5.74, 6) is 1.59. The SMILES string of the molecule is CCCCC(CC(C)CC)OC(CCCC)CC(C)CC. The van der Waals surface area contributed by atoms with Gasteiger partial charge < -0.3 is 4.74 Å². The average molecular weight is 299 g/mol. The van der Waals surface area contributed by atoms with Gasteiger partial charge in [-0.25, -0.2) is 0 Å². The van der Waals surface area contributed by atoms with E-state index in [1.54, 1.807) is 0 Å². The van der Waals surface area contributed by atoms with Gasteiger partial charge >= 0.3 is 0 Å². The van der Waals surface area contributed by atoms with Gasteiger partial charge in [-0.05, 0) is 37.5 Å². The van der Waals surface area contributed by atoms with Gasteiger partial charge in [-0.15, -0.1) is 0 Å². The maximum Gasteiger partial charge on any atom is 0.0581 e. The van der Waals surface area contributed by atoms with Crippen molar-refractivity contribution in [2.75, 3.05) is 0 Å². The highest BCUT2D eigenvalue weighted by Gasteiger charge is 2.19. The van der Waals surface area contributed by atoms with E-state index in [0.717, 1.165) is 11.8 Å². The van der Waals surface area contributed by atoms with Gasteiger partial charge in [-0.2, -0.15) is 0 Å². The van der Waals surface area contributed by atoms with Crippen LogP contribution >= 0.6 is 0 Å². The van der Waals surface area contributed by atoms with Crippen molar-refractivity contribution in [3.8, 4) is 0 Å². The van der Waals surface area contributed by atoms with Gasteiger partial charge in [0.15, 0.2) is 0 Å². The van der Waals surface area contributed by atoms with Crippen molar-refractivity contribution in [2.24, 2.45) is 11.8 Å². The lowest BCUT2D eigenvalue weighted by molar-refractivity contribution is -0.0424. The van der Waals surface area contributed by atoms with Crippen molar-refractivity contribution >= 4 is 0 Å². The summed E-state index contributed by atoms with van der Waals surface area (Å²) >= 11 is 0. The van der Waals surface area contributed by atoms with E-state index in [0.29, 0.717) is 12.2 Å². The highest BCUT2D eigenvalue weighted by atomic mass is 16.5. The molecule has 0 aromatic carbocycles. The van der Waals surface area contributed by atoms with E-state index in [2.05, 4.69) is 41.5 Å². The summed E-state index contributed by atoms with van der Waals surface area (Å²) in [7, 11) is 0. The Kier molecular flexibility index (Phi) is 13.6. The van der Waals surface area contributed by atoms with Gasteiger partial charge in [0, 0.05) is 0 Å². The van der Waals surface area contributed by atoms with Crippen molar-refractivity contribution in [1.82, 2.24) is 0 Å². The molecule has 0 bridgehead atoms. The molecule has 0 aromatic rings. The zero-order valence-corrected chi connectivity index (χ0v) is 15.8. The van der Waals surface area contributed by atoms with Crippen LogP contribution in [0.5, 0.6) is 0 Å². The third-order valence-corrected chi connectivity index (χ3v) is 4.87. The monoisotopic (exact) mass is 298 g/mol. The summed E-state index contributed by atoms with van der Waals surface area (Å²) < 4.78 is 6.60. The van der Waals surface area contributed by atoms with Gasteiger partial charge in [-0.3, -0.25) is 0 Å². The summed E-state index contributed by atoms with van der Waals surface area (Å²) in [5, 5.41) is 0. The maximum absolute atomic E-state index is 6.60. The van der Waals surface area contributed by atoms with Crippen LogP contribution in [0.15, 0.2) is 0 Å². The zero-order valence-electron chi connectivity index (χ0n) is 15.8. The van der Waals surface area contributed by atoms with Crippen LogP contribution in [-0.2, 0) is 4.74 Å². The molecule has 4 atom stereocenters. The first-order valence-corrected chi connectivity index (χ1v) is 9.72. The third-order valence-electron chi connectivity index (χ3n) is 4.87. The topological polar surface area (TPSA) is 9.23 Å². The van der Waals surface area contributed by atoms with Crippen LogP contribution in [0.2, 0.25) is 0 Å². The number of ether oxygens (including phenoxy) is 1. The van der Waals surface area contributed by atoms with E-state index >= 15 is 0 Å². The second kappa shape index (κ2) is 13.6. The highest BCUT2D eigenvalue weighted by molar-refractivity contribution is 4.69. The van der Waals surface area contributed by atoms with E-state index in [9.17, 15) is 0 Å². The summed E-state index contributed by atoms with van der Waals surface area (Å²) in [6.45, 7) is 13.9. The van der Waals surface area contributed by atoms with E-state index in [1.807, 2.05) is 0 Å². The quantitative estimate of drug-likeness (QED) is 0.335. The molecule has 4 unspecified atom stereocenters. The van der Waals surface area contributed by atoms with Crippen molar-refractivity contribution in [3.63, 3.8) is 0 Å². The molecule has 0 aromatic heterocycles. The largest absolute Gasteiger partial charge is 0.375 e. The van der Waals surface area contributed by atoms with Crippen LogP contribution in [0, 0.1) is 11.8 Å². The standard InChI is InChI=1S/C20H42O/c1-7-11-13-19(15-17(5)9-3)21-20(14-12-8-2)16-18(6)10-4/h17-20H,7-16H2,1-6H3. The molecule has 1 nitrogen and oxygen atoms in total. The summed E-state index contributed by atoms with van der Waals surface area (Å²) in [6.07, 6.45) is 13.7. The van der Waals surface area contributed by atoms with Gasteiger partial charge in [0.1, 0.15) is 0 Å². The Balaban J connectivity index is 4.50. The molecule has 0 saturated heterocycles. The summed E-state index contributed by atoms with van der Waals surface area (Å²) in [4.78, 5) is 0. The molecule has 0 aliphatic carbocycles. The molecule has 0 spiro atoms. The minimum atomic E-state index is 0.491. The Labute approximate surface area is 135 Å². The molecule has 0 N–H and O–H groups in total. The molecule has 0 aliphatic heterocycles. The van der Waals surface area contributed by atoms with Crippen molar-refractivity contribution in [2.45, 2.75) is 118 Å². The highest BCUT2D eigenvalue weighted by Crippen LogP contribution is 2.24. The zero-order chi connectivity index (χ0) is 16.1. The van der Waals surface area contributed by atoms with Gasteiger partial charge in [0.2, 0.25) is 0 Å². The average Bonchev–Trinajstić information content (AvgIpc) is 2.49. The number of rotatable bonds is 14. The molecule has 1 heteroatoms. The summed E-state index contributed by atoms with van der Waals surface area (Å²) in [6, 6.07) is 0. The Bertz CT molecular complexity index is 192. The van der Waals surface area contributed by atoms with E-state index in [1.165, 1.54) is 64.2 Å². The fraction of sp³-hybridized carbons (Fsp3) is 1.00. The molecule has 0 aliphatic rings. The minimum absolute atomic E-state index is 0.491. The fourth-order valence-corrected chi connectivity index (χ4v) is 2.85. The first-order chi connectivity index (χ1) is 10.1. The Morgan fingerprint density at radius 1 is 0.667 bits per heavy atom. The first-order valence-electron chi connectivity index (χ1n) is 9.72. The van der Waals surface area contributed by atoms with Gasteiger partial charge in [0.25, 0.3) is 0 Å². The molecule has 0 heterocycles. The van der Waals surface area contributed by atoms with Crippen LogP contribution in [0.4, 0.5) is 0 Å². The predicted molar refractivity (Wildman–Crippen MR) is 95.9 cm³/mol. The van der Waals surface area contributed by atoms with Crippen molar-refractivity contribution in [3.05, 3.63) is 0 Å². The Morgan fingerprint density at radius 3 is 1.33 bits per heavy atom. The lowest BCUT2D eigenvalue weighted by Crippen LogP contribution is -2.26. The molecule has 0 amide bonds. The fourth-order valence-electron chi connectivity index (χ4n) is 2.85. The molecule has 0 fully saturated rings. The van der Waals surface area contributed by atoms with E-state index in [-0.39, 0.29) is 0 Å². The number of hydrogen-bond acceptors (Lipinski definition) is 1.